The van der Waals surface area contributed by atoms with Crippen molar-refractivity contribution in [1.82, 2.24) is 15.5 Å². The first-order chi connectivity index (χ1) is 6.79. The molecule has 0 aliphatic heterocycles. The minimum absolute atomic E-state index is 0.121. The second-order valence-electron chi connectivity index (χ2n) is 3.83. The highest BCUT2D eigenvalue weighted by Crippen LogP contribution is 2.27. The maximum Gasteiger partial charge on any atom is 0.247 e. The third-order valence-electron chi connectivity index (χ3n) is 2.24. The number of nitrogens with one attached hydrogen (secondary N) is 1. The molecular weight excluding hydrogens is 218 g/mol. The van der Waals surface area contributed by atoms with Crippen LogP contribution in [0.3, 0.4) is 0 Å². The summed E-state index contributed by atoms with van der Waals surface area (Å²) in [4.78, 5) is 4.02. The van der Waals surface area contributed by atoms with E-state index in [0.29, 0.717) is 12.4 Å². The summed E-state index contributed by atoms with van der Waals surface area (Å²) in [6, 6.07) is 0. The fraction of sp³-hybridized carbons (Fsp3) is 0.750. The number of hydrogen-bond donors (Lipinski definition) is 1. The molecule has 7 heteroatoms. The lowest BCUT2D eigenvalue weighted by molar-refractivity contribution is 0.343. The van der Waals surface area contributed by atoms with Crippen LogP contribution in [-0.4, -0.2) is 31.9 Å². The summed E-state index contributed by atoms with van der Waals surface area (Å²) in [5.74, 6) is 0.569. The molecule has 0 bridgehead atoms. The molecule has 1 aromatic heterocycles. The molecule has 1 rings (SSSR count). The fourth-order valence-electron chi connectivity index (χ4n) is 0.887. The average molecular weight is 233 g/mol. The van der Waals surface area contributed by atoms with E-state index in [9.17, 15) is 8.42 Å². The molecule has 0 radical (unpaired) electrons. The second-order valence-corrected chi connectivity index (χ2v) is 6.39. The summed E-state index contributed by atoms with van der Waals surface area (Å²) in [5, 5.41) is 6.53. The Morgan fingerprint density at radius 2 is 2.07 bits per heavy atom. The predicted molar refractivity (Wildman–Crippen MR) is 54.9 cm³/mol. The van der Waals surface area contributed by atoms with Crippen LogP contribution in [0.2, 0.25) is 0 Å². The van der Waals surface area contributed by atoms with Gasteiger partial charge in [0.05, 0.1) is 6.54 Å². The number of hydrogen-bond acceptors (Lipinski definition) is 6. The first-order valence-electron chi connectivity index (χ1n) is 4.46. The van der Waals surface area contributed by atoms with Gasteiger partial charge >= 0.3 is 0 Å². The molecule has 0 aliphatic carbocycles. The van der Waals surface area contributed by atoms with E-state index < -0.39 is 14.6 Å². The number of sulfone groups is 1. The molecule has 0 fully saturated rings. The molecule has 1 aromatic rings. The first kappa shape index (κ1) is 12.1. The van der Waals surface area contributed by atoms with Gasteiger partial charge in [0.15, 0.2) is 15.7 Å². The van der Waals surface area contributed by atoms with Crippen molar-refractivity contribution in [3.63, 3.8) is 0 Å². The van der Waals surface area contributed by atoms with Crippen LogP contribution in [-0.2, 0) is 21.1 Å². The van der Waals surface area contributed by atoms with Crippen molar-refractivity contribution >= 4 is 9.84 Å². The Kier molecular flexibility index (Phi) is 3.15. The zero-order valence-corrected chi connectivity index (χ0v) is 10.1. The van der Waals surface area contributed by atoms with Crippen LogP contribution < -0.4 is 5.32 Å². The Morgan fingerprint density at radius 3 is 2.53 bits per heavy atom. The maximum atomic E-state index is 11.5. The molecule has 0 unspecified atom stereocenters. The van der Waals surface area contributed by atoms with Gasteiger partial charge < -0.3 is 9.84 Å². The summed E-state index contributed by atoms with van der Waals surface area (Å²) in [7, 11) is -1.53. The summed E-state index contributed by atoms with van der Waals surface area (Å²) < 4.78 is 26.7. The molecular formula is C8H15N3O3S. The van der Waals surface area contributed by atoms with Gasteiger partial charge in [-0.2, -0.15) is 4.98 Å². The molecule has 0 saturated heterocycles. The van der Waals surface area contributed by atoms with E-state index in [-0.39, 0.29) is 5.89 Å². The zero-order chi connectivity index (χ0) is 11.7. The molecule has 0 saturated carbocycles. The van der Waals surface area contributed by atoms with E-state index in [1.165, 1.54) is 0 Å². The summed E-state index contributed by atoms with van der Waals surface area (Å²) in [6.45, 7) is 3.53. The number of nitrogens with zero attached hydrogens (tertiary/aromatic N) is 2. The van der Waals surface area contributed by atoms with Gasteiger partial charge in [-0.3, -0.25) is 0 Å². The highest BCUT2D eigenvalue weighted by atomic mass is 32.2. The number of rotatable bonds is 4. The van der Waals surface area contributed by atoms with Crippen LogP contribution >= 0.6 is 0 Å². The first-order valence-corrected chi connectivity index (χ1v) is 6.35. The van der Waals surface area contributed by atoms with Gasteiger partial charge in [-0.15, -0.1) is 0 Å². The second kappa shape index (κ2) is 3.90. The lowest BCUT2D eigenvalue weighted by Gasteiger charge is -2.16. The van der Waals surface area contributed by atoms with Crippen molar-refractivity contribution in [2.45, 2.75) is 25.1 Å². The minimum Gasteiger partial charge on any atom is -0.338 e. The molecule has 1 N–H and O–H groups in total. The average Bonchev–Trinajstić information content (AvgIpc) is 2.51. The molecule has 0 atom stereocenters. The largest absolute Gasteiger partial charge is 0.338 e. The highest BCUT2D eigenvalue weighted by Gasteiger charge is 2.38. The van der Waals surface area contributed by atoms with Crippen LogP contribution in [0, 0.1) is 0 Å². The van der Waals surface area contributed by atoms with Crippen molar-refractivity contribution < 1.29 is 12.9 Å². The van der Waals surface area contributed by atoms with Gasteiger partial charge in [-0.1, -0.05) is 5.16 Å². The molecule has 86 valence electrons. The Hall–Kier alpha value is -0.950. The molecule has 0 spiro atoms. The zero-order valence-electron chi connectivity index (χ0n) is 9.23. The van der Waals surface area contributed by atoms with Crippen LogP contribution in [0.5, 0.6) is 0 Å². The lowest BCUT2D eigenvalue weighted by atomic mass is 10.2. The van der Waals surface area contributed by atoms with Gasteiger partial charge in [0.2, 0.25) is 5.89 Å². The van der Waals surface area contributed by atoms with Gasteiger partial charge in [-0.05, 0) is 20.9 Å². The maximum absolute atomic E-state index is 11.5. The van der Waals surface area contributed by atoms with Crippen molar-refractivity contribution in [1.29, 1.82) is 0 Å². The Morgan fingerprint density at radius 1 is 1.47 bits per heavy atom. The van der Waals surface area contributed by atoms with E-state index in [2.05, 4.69) is 15.5 Å². The molecule has 1 heterocycles. The topological polar surface area (TPSA) is 85.1 Å². The van der Waals surface area contributed by atoms with Crippen molar-refractivity contribution in [3.05, 3.63) is 11.7 Å². The number of aromatic nitrogens is 2. The Labute approximate surface area is 89.0 Å². The summed E-state index contributed by atoms with van der Waals surface area (Å²) in [5.41, 5.74) is 0. The lowest BCUT2D eigenvalue weighted by Crippen LogP contribution is -2.28. The van der Waals surface area contributed by atoms with Crippen LogP contribution in [0.15, 0.2) is 4.52 Å². The van der Waals surface area contributed by atoms with E-state index >= 15 is 0 Å². The van der Waals surface area contributed by atoms with Crippen LogP contribution in [0.25, 0.3) is 0 Å². The normalized spacial score (nSPS) is 13.1. The van der Waals surface area contributed by atoms with Gasteiger partial charge in [-0.25, -0.2) is 8.42 Å². The van der Waals surface area contributed by atoms with Gasteiger partial charge in [0.25, 0.3) is 0 Å². The van der Waals surface area contributed by atoms with E-state index in [4.69, 9.17) is 4.52 Å². The quantitative estimate of drug-likeness (QED) is 0.792. The monoisotopic (exact) mass is 233 g/mol. The van der Waals surface area contributed by atoms with E-state index in [1.54, 1.807) is 20.9 Å². The third-order valence-corrected chi connectivity index (χ3v) is 4.27. The third kappa shape index (κ3) is 2.35. The fourth-order valence-corrected chi connectivity index (χ4v) is 1.29. The predicted octanol–water partition coefficient (Wildman–Crippen LogP) is 0.0687. The van der Waals surface area contributed by atoms with Crippen molar-refractivity contribution in [2.75, 3.05) is 13.3 Å². The SMILES string of the molecule is CNCc1noc(C(C)(C)S(C)(=O)=O)n1. The van der Waals surface area contributed by atoms with Crippen molar-refractivity contribution in [2.24, 2.45) is 0 Å². The van der Waals surface area contributed by atoms with E-state index in [1.807, 2.05) is 0 Å². The molecule has 15 heavy (non-hydrogen) atoms. The van der Waals surface area contributed by atoms with Gasteiger partial charge in [0.1, 0.15) is 4.75 Å². The van der Waals surface area contributed by atoms with Gasteiger partial charge in [0, 0.05) is 6.26 Å². The highest BCUT2D eigenvalue weighted by molar-refractivity contribution is 7.91. The molecule has 0 aromatic carbocycles. The van der Waals surface area contributed by atoms with Crippen LogP contribution in [0.1, 0.15) is 25.6 Å². The Bertz CT molecular complexity index is 436. The molecule has 0 amide bonds. The summed E-state index contributed by atoms with van der Waals surface area (Å²) >= 11 is 0. The Balaban J connectivity index is 3.06. The van der Waals surface area contributed by atoms with E-state index in [0.717, 1.165) is 6.26 Å². The smallest absolute Gasteiger partial charge is 0.247 e. The minimum atomic E-state index is -3.27. The molecule has 0 aliphatic rings. The van der Waals surface area contributed by atoms with Crippen LogP contribution in [0.4, 0.5) is 0 Å². The summed E-state index contributed by atoms with van der Waals surface area (Å²) in [6.07, 6.45) is 1.15. The molecule has 6 nitrogen and oxygen atoms in total. The standard InChI is InChI=1S/C8H15N3O3S/c1-8(2,15(4,12)13)7-10-6(5-9-3)11-14-7/h9H,5H2,1-4H3. The van der Waals surface area contributed by atoms with Crippen molar-refractivity contribution in [3.8, 4) is 0 Å².